The third-order valence-corrected chi connectivity index (χ3v) is 3.06. The number of rotatable bonds is 5. The van der Waals surface area contributed by atoms with Crippen LogP contribution >= 0.6 is 22.6 Å². The van der Waals surface area contributed by atoms with Crippen LogP contribution in [0.5, 0.6) is 0 Å². The van der Waals surface area contributed by atoms with Gasteiger partial charge in [0.25, 0.3) is 0 Å². The van der Waals surface area contributed by atoms with Gasteiger partial charge in [-0.1, -0.05) is 0 Å². The van der Waals surface area contributed by atoms with Crippen molar-refractivity contribution in [2.45, 2.75) is 32.7 Å². The molecule has 1 aromatic carbocycles. The van der Waals surface area contributed by atoms with Crippen molar-refractivity contribution in [3.63, 3.8) is 0 Å². The number of nitrogens with one attached hydrogen (secondary N) is 1. The maximum absolute atomic E-state index is 8.74. The minimum atomic E-state index is 0.275. The molecule has 3 heteroatoms. The second kappa shape index (κ2) is 6.33. The van der Waals surface area contributed by atoms with Gasteiger partial charge in [0.05, 0.1) is 0 Å². The first-order valence-corrected chi connectivity index (χ1v) is 6.35. The van der Waals surface area contributed by atoms with Gasteiger partial charge in [-0.3, -0.25) is 0 Å². The molecule has 0 spiro atoms. The fourth-order valence-electron chi connectivity index (χ4n) is 1.52. The van der Waals surface area contributed by atoms with Crippen LogP contribution < -0.4 is 5.32 Å². The quantitative estimate of drug-likeness (QED) is 0.817. The molecule has 0 heterocycles. The van der Waals surface area contributed by atoms with E-state index in [1.807, 2.05) is 0 Å². The first kappa shape index (κ1) is 12.8. The van der Waals surface area contributed by atoms with Crippen LogP contribution in [0.1, 0.15) is 25.3 Å². The number of aryl methyl sites for hydroxylation is 1. The van der Waals surface area contributed by atoms with E-state index in [0.717, 1.165) is 12.8 Å². The smallest absolute Gasteiger partial charge is 0.0431 e. The lowest BCUT2D eigenvalue weighted by atomic mass is 10.1. The molecular formula is C12H18INO. The van der Waals surface area contributed by atoms with E-state index in [9.17, 15) is 0 Å². The van der Waals surface area contributed by atoms with Crippen molar-refractivity contribution in [3.05, 3.63) is 27.3 Å². The average molecular weight is 319 g/mol. The van der Waals surface area contributed by atoms with E-state index in [4.69, 9.17) is 5.11 Å². The Kier molecular flexibility index (Phi) is 5.39. The molecule has 0 aliphatic heterocycles. The van der Waals surface area contributed by atoms with Gasteiger partial charge in [0.1, 0.15) is 0 Å². The van der Waals surface area contributed by atoms with Crippen LogP contribution in [0, 0.1) is 10.5 Å². The van der Waals surface area contributed by atoms with E-state index in [1.165, 1.54) is 14.8 Å². The molecular weight excluding hydrogens is 301 g/mol. The molecule has 1 unspecified atom stereocenters. The zero-order chi connectivity index (χ0) is 11.3. The molecule has 0 fully saturated rings. The highest BCUT2D eigenvalue weighted by molar-refractivity contribution is 14.1. The molecule has 0 amide bonds. The molecule has 84 valence electrons. The van der Waals surface area contributed by atoms with Gasteiger partial charge in [-0.25, -0.2) is 0 Å². The van der Waals surface area contributed by atoms with Crippen molar-refractivity contribution in [1.82, 2.24) is 0 Å². The van der Waals surface area contributed by atoms with Gasteiger partial charge in [0.2, 0.25) is 0 Å². The fourth-order valence-corrected chi connectivity index (χ4v) is 2.17. The van der Waals surface area contributed by atoms with Crippen molar-refractivity contribution < 1.29 is 5.11 Å². The van der Waals surface area contributed by atoms with E-state index in [2.05, 4.69) is 60.0 Å². The number of aliphatic hydroxyl groups is 1. The van der Waals surface area contributed by atoms with E-state index >= 15 is 0 Å². The molecule has 0 aliphatic carbocycles. The van der Waals surface area contributed by atoms with Crippen LogP contribution in [0.4, 0.5) is 5.69 Å². The summed E-state index contributed by atoms with van der Waals surface area (Å²) in [6, 6.07) is 6.80. The third-order valence-electron chi connectivity index (χ3n) is 2.39. The van der Waals surface area contributed by atoms with Crippen LogP contribution in [0.3, 0.4) is 0 Å². The first-order chi connectivity index (χ1) is 7.13. The number of hydrogen-bond donors (Lipinski definition) is 2. The summed E-state index contributed by atoms with van der Waals surface area (Å²) in [6.07, 6.45) is 1.86. The SMILES string of the molecule is Cc1cc(I)ccc1NC(C)CCCO. The van der Waals surface area contributed by atoms with Crippen LogP contribution in [0.2, 0.25) is 0 Å². The molecule has 0 aliphatic rings. The standard InChI is InChI=1S/C12H18INO/c1-9-8-11(13)5-6-12(9)14-10(2)4-3-7-15/h5-6,8,10,14-15H,3-4,7H2,1-2H3. The Bertz CT molecular complexity index is 314. The van der Waals surface area contributed by atoms with Gasteiger partial charge in [-0.15, -0.1) is 0 Å². The summed E-state index contributed by atoms with van der Waals surface area (Å²) in [5.41, 5.74) is 2.47. The lowest BCUT2D eigenvalue weighted by Crippen LogP contribution is -2.16. The molecule has 0 radical (unpaired) electrons. The zero-order valence-electron chi connectivity index (χ0n) is 9.26. The zero-order valence-corrected chi connectivity index (χ0v) is 11.4. The second-order valence-electron chi connectivity index (χ2n) is 3.87. The Hall–Kier alpha value is -0.290. The Morgan fingerprint density at radius 1 is 1.47 bits per heavy atom. The summed E-state index contributed by atoms with van der Waals surface area (Å²) in [4.78, 5) is 0. The number of anilines is 1. The van der Waals surface area contributed by atoms with Gasteiger partial charge in [-0.2, -0.15) is 0 Å². The predicted octanol–water partition coefficient (Wildman–Crippen LogP) is 3.17. The molecule has 1 rings (SSSR count). The fraction of sp³-hybridized carbons (Fsp3) is 0.500. The maximum Gasteiger partial charge on any atom is 0.0431 e. The Balaban J connectivity index is 2.56. The number of hydrogen-bond acceptors (Lipinski definition) is 2. The van der Waals surface area contributed by atoms with Crippen LogP contribution in [0.25, 0.3) is 0 Å². The second-order valence-corrected chi connectivity index (χ2v) is 5.12. The molecule has 2 nitrogen and oxygen atoms in total. The van der Waals surface area contributed by atoms with Crippen molar-refractivity contribution >= 4 is 28.3 Å². The first-order valence-electron chi connectivity index (χ1n) is 5.27. The molecule has 1 aromatic rings. The topological polar surface area (TPSA) is 32.3 Å². The van der Waals surface area contributed by atoms with E-state index in [0.29, 0.717) is 6.04 Å². The highest BCUT2D eigenvalue weighted by Gasteiger charge is 2.03. The van der Waals surface area contributed by atoms with Crippen LogP contribution in [-0.2, 0) is 0 Å². The highest BCUT2D eigenvalue weighted by atomic mass is 127. The van der Waals surface area contributed by atoms with E-state index in [1.54, 1.807) is 0 Å². The molecule has 2 N–H and O–H groups in total. The molecule has 15 heavy (non-hydrogen) atoms. The van der Waals surface area contributed by atoms with E-state index < -0.39 is 0 Å². The number of benzene rings is 1. The van der Waals surface area contributed by atoms with Gasteiger partial charge >= 0.3 is 0 Å². The molecule has 0 bridgehead atoms. The maximum atomic E-state index is 8.74. The van der Waals surface area contributed by atoms with E-state index in [-0.39, 0.29) is 6.61 Å². The summed E-state index contributed by atoms with van der Waals surface area (Å²) in [5.74, 6) is 0. The summed E-state index contributed by atoms with van der Waals surface area (Å²) < 4.78 is 1.26. The lowest BCUT2D eigenvalue weighted by molar-refractivity contribution is 0.282. The summed E-state index contributed by atoms with van der Waals surface area (Å²) >= 11 is 2.32. The van der Waals surface area contributed by atoms with Gasteiger partial charge < -0.3 is 10.4 Å². The van der Waals surface area contributed by atoms with Gasteiger partial charge in [0.15, 0.2) is 0 Å². The Labute approximate surface area is 105 Å². The van der Waals surface area contributed by atoms with Gasteiger partial charge in [0, 0.05) is 21.9 Å². The third kappa shape index (κ3) is 4.38. The predicted molar refractivity (Wildman–Crippen MR) is 73.3 cm³/mol. The number of halogens is 1. The Morgan fingerprint density at radius 2 is 2.20 bits per heavy atom. The lowest BCUT2D eigenvalue weighted by Gasteiger charge is -2.16. The summed E-state index contributed by atoms with van der Waals surface area (Å²) in [7, 11) is 0. The molecule has 0 saturated heterocycles. The van der Waals surface area contributed by atoms with Crippen molar-refractivity contribution in [3.8, 4) is 0 Å². The molecule has 0 aromatic heterocycles. The van der Waals surface area contributed by atoms with Gasteiger partial charge in [-0.05, 0) is 73.0 Å². The monoisotopic (exact) mass is 319 g/mol. The van der Waals surface area contributed by atoms with Crippen molar-refractivity contribution in [1.29, 1.82) is 0 Å². The normalized spacial score (nSPS) is 12.5. The molecule has 1 atom stereocenters. The minimum Gasteiger partial charge on any atom is -0.396 e. The van der Waals surface area contributed by atoms with Crippen LogP contribution in [-0.4, -0.2) is 17.8 Å². The Morgan fingerprint density at radius 3 is 2.80 bits per heavy atom. The van der Waals surface area contributed by atoms with Crippen molar-refractivity contribution in [2.24, 2.45) is 0 Å². The average Bonchev–Trinajstić information content (AvgIpc) is 2.19. The largest absolute Gasteiger partial charge is 0.396 e. The number of aliphatic hydroxyl groups excluding tert-OH is 1. The summed E-state index contributed by atoms with van der Waals surface area (Å²) in [6.45, 7) is 4.54. The summed E-state index contributed by atoms with van der Waals surface area (Å²) in [5, 5.41) is 12.2. The highest BCUT2D eigenvalue weighted by Crippen LogP contribution is 2.19. The minimum absolute atomic E-state index is 0.275. The molecule has 0 saturated carbocycles. The van der Waals surface area contributed by atoms with Crippen LogP contribution in [0.15, 0.2) is 18.2 Å². The van der Waals surface area contributed by atoms with Crippen molar-refractivity contribution in [2.75, 3.05) is 11.9 Å².